The van der Waals surface area contributed by atoms with Crippen molar-refractivity contribution in [3.8, 4) is 0 Å². The standard InChI is InChI=1S/C16H14N4O2S/c21-14-7-17-20(13-4-2-1-3-11(13)14)8-15(22)19-16-18-12(9-23-16)10-5-6-10/h1-4,7,9-10H,5-6,8H2,(H,18,19,22). The van der Waals surface area contributed by atoms with E-state index >= 15 is 0 Å². The van der Waals surface area contributed by atoms with Crippen LogP contribution in [0.1, 0.15) is 24.5 Å². The summed E-state index contributed by atoms with van der Waals surface area (Å²) in [7, 11) is 0. The number of para-hydroxylation sites is 1. The van der Waals surface area contributed by atoms with E-state index in [1.54, 1.807) is 18.2 Å². The minimum atomic E-state index is -0.206. The van der Waals surface area contributed by atoms with E-state index in [1.165, 1.54) is 35.1 Å². The van der Waals surface area contributed by atoms with Crippen LogP contribution in [-0.2, 0) is 11.3 Å². The number of thiazole rings is 1. The van der Waals surface area contributed by atoms with Gasteiger partial charge in [0.2, 0.25) is 11.3 Å². The second kappa shape index (κ2) is 5.58. The molecule has 4 rings (SSSR count). The van der Waals surface area contributed by atoms with E-state index in [1.807, 2.05) is 11.4 Å². The number of hydrogen-bond donors (Lipinski definition) is 1. The second-order valence-corrected chi connectivity index (χ2v) is 6.44. The van der Waals surface area contributed by atoms with Gasteiger partial charge >= 0.3 is 0 Å². The lowest BCUT2D eigenvalue weighted by Gasteiger charge is -2.08. The summed E-state index contributed by atoms with van der Waals surface area (Å²) in [6.45, 7) is 0.0408. The number of carbonyl (C=O) groups is 1. The molecule has 1 aliphatic carbocycles. The predicted octanol–water partition coefficient (Wildman–Crippen LogP) is 2.37. The molecular weight excluding hydrogens is 312 g/mol. The number of hydrogen-bond acceptors (Lipinski definition) is 5. The molecule has 1 N–H and O–H groups in total. The third-order valence-electron chi connectivity index (χ3n) is 3.82. The van der Waals surface area contributed by atoms with Crippen LogP contribution < -0.4 is 10.7 Å². The molecule has 23 heavy (non-hydrogen) atoms. The highest BCUT2D eigenvalue weighted by Gasteiger charge is 2.26. The molecule has 0 saturated heterocycles. The van der Waals surface area contributed by atoms with Gasteiger partial charge in [0.05, 0.1) is 17.4 Å². The van der Waals surface area contributed by atoms with Crippen molar-refractivity contribution in [3.05, 3.63) is 51.8 Å². The molecule has 0 unspecified atom stereocenters. The third-order valence-corrected chi connectivity index (χ3v) is 4.60. The summed E-state index contributed by atoms with van der Waals surface area (Å²) in [6, 6.07) is 7.13. The summed E-state index contributed by atoms with van der Waals surface area (Å²) in [6.07, 6.45) is 3.61. The van der Waals surface area contributed by atoms with Crippen LogP contribution in [0.25, 0.3) is 10.9 Å². The Labute approximate surface area is 135 Å². The molecule has 0 aliphatic heterocycles. The number of aromatic nitrogens is 3. The zero-order valence-corrected chi connectivity index (χ0v) is 13.0. The predicted molar refractivity (Wildman–Crippen MR) is 88.7 cm³/mol. The summed E-state index contributed by atoms with van der Waals surface area (Å²) in [5.41, 5.74) is 1.57. The van der Waals surface area contributed by atoms with E-state index in [2.05, 4.69) is 15.4 Å². The Morgan fingerprint density at radius 3 is 3.00 bits per heavy atom. The Morgan fingerprint density at radius 2 is 2.17 bits per heavy atom. The molecule has 0 atom stereocenters. The summed E-state index contributed by atoms with van der Waals surface area (Å²) in [5, 5.41) is 10.0. The highest BCUT2D eigenvalue weighted by atomic mass is 32.1. The number of fused-ring (bicyclic) bond motifs is 1. The number of amides is 1. The van der Waals surface area contributed by atoms with Gasteiger partial charge in [-0.2, -0.15) is 5.10 Å². The van der Waals surface area contributed by atoms with E-state index in [9.17, 15) is 9.59 Å². The molecule has 1 fully saturated rings. The fourth-order valence-corrected chi connectivity index (χ4v) is 3.30. The van der Waals surface area contributed by atoms with Gasteiger partial charge in [-0.1, -0.05) is 12.1 Å². The van der Waals surface area contributed by atoms with Crippen molar-refractivity contribution in [1.82, 2.24) is 14.8 Å². The topological polar surface area (TPSA) is 76.9 Å². The van der Waals surface area contributed by atoms with Gasteiger partial charge in [-0.25, -0.2) is 4.98 Å². The van der Waals surface area contributed by atoms with Gasteiger partial charge in [0, 0.05) is 16.7 Å². The van der Waals surface area contributed by atoms with Crippen molar-refractivity contribution in [1.29, 1.82) is 0 Å². The van der Waals surface area contributed by atoms with Gasteiger partial charge in [0.25, 0.3) is 0 Å². The minimum Gasteiger partial charge on any atom is -0.300 e. The summed E-state index contributed by atoms with van der Waals surface area (Å²) < 4.78 is 1.53. The largest absolute Gasteiger partial charge is 0.300 e. The van der Waals surface area contributed by atoms with Crippen molar-refractivity contribution in [2.75, 3.05) is 5.32 Å². The maximum atomic E-state index is 12.2. The molecule has 7 heteroatoms. The van der Waals surface area contributed by atoms with Crippen molar-refractivity contribution in [2.24, 2.45) is 0 Å². The molecule has 0 radical (unpaired) electrons. The molecule has 2 aromatic heterocycles. The number of nitrogens with one attached hydrogen (secondary N) is 1. The van der Waals surface area contributed by atoms with Crippen molar-refractivity contribution in [2.45, 2.75) is 25.3 Å². The van der Waals surface area contributed by atoms with E-state index < -0.39 is 0 Å². The van der Waals surface area contributed by atoms with E-state index in [4.69, 9.17) is 0 Å². The fourth-order valence-electron chi connectivity index (χ4n) is 2.49. The zero-order chi connectivity index (χ0) is 15.8. The van der Waals surface area contributed by atoms with Crippen LogP contribution in [0.5, 0.6) is 0 Å². The monoisotopic (exact) mass is 326 g/mol. The van der Waals surface area contributed by atoms with E-state index in [0.29, 0.717) is 22.0 Å². The SMILES string of the molecule is O=C(Cn1ncc(=O)c2ccccc21)Nc1nc(C2CC2)cs1. The van der Waals surface area contributed by atoms with Gasteiger partial charge in [-0.05, 0) is 25.0 Å². The Hall–Kier alpha value is -2.54. The first kappa shape index (κ1) is 14.1. The van der Waals surface area contributed by atoms with Gasteiger partial charge in [0.1, 0.15) is 6.54 Å². The van der Waals surface area contributed by atoms with Gasteiger partial charge in [-0.3, -0.25) is 14.3 Å². The summed E-state index contributed by atoms with van der Waals surface area (Å²) in [4.78, 5) is 28.5. The molecule has 6 nitrogen and oxygen atoms in total. The molecule has 1 amide bonds. The van der Waals surface area contributed by atoms with Crippen LogP contribution >= 0.6 is 11.3 Å². The molecule has 0 bridgehead atoms. The first-order valence-electron chi connectivity index (χ1n) is 7.41. The van der Waals surface area contributed by atoms with E-state index in [-0.39, 0.29) is 17.9 Å². The highest BCUT2D eigenvalue weighted by molar-refractivity contribution is 7.13. The molecule has 1 saturated carbocycles. The van der Waals surface area contributed by atoms with E-state index in [0.717, 1.165) is 5.69 Å². The molecular formula is C16H14N4O2S. The van der Waals surface area contributed by atoms with Crippen LogP contribution in [0.4, 0.5) is 5.13 Å². The highest BCUT2D eigenvalue weighted by Crippen LogP contribution is 2.40. The Bertz CT molecular complexity index is 942. The molecule has 1 aliphatic rings. The molecule has 0 spiro atoms. The first-order chi connectivity index (χ1) is 11.2. The quantitative estimate of drug-likeness (QED) is 0.798. The number of anilines is 1. The first-order valence-corrected chi connectivity index (χ1v) is 8.29. The van der Waals surface area contributed by atoms with Gasteiger partial charge < -0.3 is 5.32 Å². The number of carbonyl (C=O) groups excluding carboxylic acids is 1. The Balaban J connectivity index is 1.54. The Kier molecular flexibility index (Phi) is 3.42. The molecule has 1 aromatic carbocycles. The average Bonchev–Trinajstić information content (AvgIpc) is 3.31. The second-order valence-electron chi connectivity index (χ2n) is 5.58. The van der Waals surface area contributed by atoms with Crippen LogP contribution in [-0.4, -0.2) is 20.7 Å². The fraction of sp³-hybridized carbons (Fsp3) is 0.250. The zero-order valence-electron chi connectivity index (χ0n) is 12.2. The number of nitrogens with zero attached hydrogens (tertiary/aromatic N) is 3. The molecule has 116 valence electrons. The van der Waals surface area contributed by atoms with Crippen LogP contribution in [0.2, 0.25) is 0 Å². The van der Waals surface area contributed by atoms with Crippen LogP contribution in [0, 0.1) is 0 Å². The number of benzene rings is 1. The van der Waals surface area contributed by atoms with Crippen LogP contribution in [0.15, 0.2) is 40.6 Å². The van der Waals surface area contributed by atoms with Gasteiger partial charge in [-0.15, -0.1) is 11.3 Å². The molecule has 2 heterocycles. The maximum Gasteiger partial charge on any atom is 0.247 e. The van der Waals surface area contributed by atoms with Crippen molar-refractivity contribution >= 4 is 33.3 Å². The molecule has 3 aromatic rings. The normalized spacial score (nSPS) is 14.1. The van der Waals surface area contributed by atoms with Crippen molar-refractivity contribution in [3.63, 3.8) is 0 Å². The lowest BCUT2D eigenvalue weighted by molar-refractivity contribution is -0.116. The lowest BCUT2D eigenvalue weighted by Crippen LogP contribution is -2.22. The Morgan fingerprint density at radius 1 is 1.35 bits per heavy atom. The third kappa shape index (κ3) is 2.87. The van der Waals surface area contributed by atoms with Gasteiger partial charge in [0.15, 0.2) is 5.13 Å². The number of rotatable bonds is 4. The summed E-state index contributed by atoms with van der Waals surface area (Å²) in [5.74, 6) is 0.365. The van der Waals surface area contributed by atoms with Crippen LogP contribution in [0.3, 0.4) is 0 Å². The lowest BCUT2D eigenvalue weighted by atomic mass is 10.2. The maximum absolute atomic E-state index is 12.2. The smallest absolute Gasteiger partial charge is 0.247 e. The van der Waals surface area contributed by atoms with Crippen molar-refractivity contribution < 1.29 is 4.79 Å². The average molecular weight is 326 g/mol. The minimum absolute atomic E-state index is 0.0408. The summed E-state index contributed by atoms with van der Waals surface area (Å²) >= 11 is 1.44.